The minimum Gasteiger partial charge on any atom is -0.456 e. The molecule has 8 aromatic carbocycles. The lowest BCUT2D eigenvalue weighted by Gasteiger charge is -2.23. The molecule has 0 saturated heterocycles. The average Bonchev–Trinajstić information content (AvgIpc) is 4.04. The summed E-state index contributed by atoms with van der Waals surface area (Å²) in [5, 5.41) is 20.0. The van der Waals surface area contributed by atoms with Gasteiger partial charge in [-0.25, -0.2) is 0 Å². The van der Waals surface area contributed by atoms with Gasteiger partial charge in [-0.15, -0.1) is 0 Å². The zero-order chi connectivity index (χ0) is 39.5. The number of benzene rings is 7. The van der Waals surface area contributed by atoms with Gasteiger partial charge in [-0.05, 0) is 91.2 Å². The van der Waals surface area contributed by atoms with Gasteiger partial charge in [0.2, 0.25) is 0 Å². The van der Waals surface area contributed by atoms with Crippen molar-refractivity contribution < 1.29 is 4.42 Å². The maximum Gasteiger partial charge on any atom is 0.137 e. The minimum atomic E-state index is 0.588. The standard InChI is InChI=1S/C55H32N4O/c56-33-34-15-14-23-40(54(34)59-47-26-11-6-20-38(47)43-31-44-39-21-8-13-28-51(39)60-52(44)32-50(43)59)36-18-4-9-24-45(36)58-46-25-10-5-19-37(46)41-29-30-49-53(55(41)58)42-22-7-12-27-48(42)57(49)35-16-2-1-3-17-35/h1-3,5-10,12-17,19-25,27-32H,4,18H2. The molecule has 0 amide bonds. The van der Waals surface area contributed by atoms with Crippen LogP contribution in [0.5, 0.6) is 0 Å². The molecule has 0 saturated carbocycles. The van der Waals surface area contributed by atoms with Crippen molar-refractivity contribution in [2.45, 2.75) is 12.8 Å². The number of allylic oxidation sites excluding steroid dienone is 4. The Labute approximate surface area is 344 Å². The van der Waals surface area contributed by atoms with E-state index < -0.39 is 0 Å². The highest BCUT2D eigenvalue weighted by atomic mass is 16.3. The molecule has 1 aliphatic rings. The van der Waals surface area contributed by atoms with Crippen molar-refractivity contribution in [1.82, 2.24) is 13.7 Å². The number of fused-ring (bicyclic) bond motifs is 13. The Kier molecular flexibility index (Phi) is 6.76. The van der Waals surface area contributed by atoms with E-state index in [-0.39, 0.29) is 0 Å². The van der Waals surface area contributed by atoms with Gasteiger partial charge in [-0.2, -0.15) is 5.26 Å². The molecule has 12 aromatic rings. The van der Waals surface area contributed by atoms with Crippen molar-refractivity contribution in [2.24, 2.45) is 0 Å². The van der Waals surface area contributed by atoms with E-state index in [0.717, 1.165) is 90.3 Å². The van der Waals surface area contributed by atoms with Crippen LogP contribution in [-0.4, -0.2) is 13.7 Å². The number of hydrogen-bond donors (Lipinski definition) is 0. The third kappa shape index (κ3) is 4.41. The van der Waals surface area contributed by atoms with Crippen LogP contribution >= 0.6 is 0 Å². The largest absolute Gasteiger partial charge is 0.456 e. The van der Waals surface area contributed by atoms with Gasteiger partial charge in [0.05, 0.1) is 38.8 Å². The molecule has 60 heavy (non-hydrogen) atoms. The molecule has 0 fully saturated rings. The van der Waals surface area contributed by atoms with Crippen molar-refractivity contribution in [3.63, 3.8) is 0 Å². The summed E-state index contributed by atoms with van der Waals surface area (Å²) < 4.78 is 13.6. The molecule has 0 bridgehead atoms. The number of nitriles is 1. The number of aromatic nitrogens is 3. The number of para-hydroxylation sites is 5. The molecule has 1 aliphatic carbocycles. The first-order chi connectivity index (χ1) is 29.8. The first-order valence-electron chi connectivity index (χ1n) is 20.4. The van der Waals surface area contributed by atoms with Crippen LogP contribution in [0.1, 0.15) is 24.0 Å². The van der Waals surface area contributed by atoms with Crippen LogP contribution in [0, 0.1) is 23.5 Å². The molecule has 4 heterocycles. The predicted octanol–water partition coefficient (Wildman–Crippen LogP) is 14.1. The number of hydrogen-bond acceptors (Lipinski definition) is 2. The van der Waals surface area contributed by atoms with Crippen LogP contribution < -0.4 is 0 Å². The van der Waals surface area contributed by atoms with Gasteiger partial charge in [0, 0.05) is 66.1 Å². The molecule has 13 rings (SSSR count). The van der Waals surface area contributed by atoms with Gasteiger partial charge in [0.15, 0.2) is 0 Å². The lowest BCUT2D eigenvalue weighted by atomic mass is 9.91. The Hall–Kier alpha value is -8.25. The van der Waals surface area contributed by atoms with Crippen LogP contribution in [0.3, 0.4) is 0 Å². The van der Waals surface area contributed by atoms with Crippen LogP contribution in [0.25, 0.3) is 110 Å². The normalized spacial score (nSPS) is 13.2. The van der Waals surface area contributed by atoms with Crippen molar-refractivity contribution in [3.05, 3.63) is 193 Å². The van der Waals surface area contributed by atoms with Crippen molar-refractivity contribution >= 4 is 98.6 Å². The van der Waals surface area contributed by atoms with Gasteiger partial charge in [0.1, 0.15) is 22.8 Å². The first-order valence-corrected chi connectivity index (χ1v) is 20.4. The van der Waals surface area contributed by atoms with E-state index in [2.05, 4.69) is 171 Å². The van der Waals surface area contributed by atoms with E-state index in [9.17, 15) is 5.26 Å². The Morgan fingerprint density at radius 3 is 2.22 bits per heavy atom. The first kappa shape index (κ1) is 32.8. The quantitative estimate of drug-likeness (QED) is 0.179. The SMILES string of the molecule is N#Cc1cccc(C2=C(n3c4ccccc4c4ccc5c(c6ccccc6n5-c5ccccc5)c43)C=CCC2)c1-n1c2c#cccc2c2cc3c(cc21)oc1ccccc13. The second kappa shape index (κ2) is 12.4. The third-order valence-electron chi connectivity index (χ3n) is 12.6. The molecule has 5 nitrogen and oxygen atoms in total. The van der Waals surface area contributed by atoms with Crippen molar-refractivity contribution in [1.29, 1.82) is 5.26 Å². The Morgan fingerprint density at radius 1 is 0.567 bits per heavy atom. The topological polar surface area (TPSA) is 51.7 Å². The maximum absolute atomic E-state index is 11.0. The Bertz CT molecular complexity index is 3900. The Balaban J connectivity index is 1.16. The highest BCUT2D eigenvalue weighted by molar-refractivity contribution is 6.27. The molecule has 4 aromatic heterocycles. The zero-order valence-corrected chi connectivity index (χ0v) is 32.3. The molecule has 0 N–H and O–H groups in total. The Morgan fingerprint density at radius 2 is 1.35 bits per heavy atom. The van der Waals surface area contributed by atoms with Gasteiger partial charge < -0.3 is 13.6 Å². The average molecular weight is 765 g/mol. The smallest absolute Gasteiger partial charge is 0.137 e. The second-order valence-electron chi connectivity index (χ2n) is 15.7. The van der Waals surface area contributed by atoms with E-state index in [0.29, 0.717) is 5.56 Å². The van der Waals surface area contributed by atoms with Crippen molar-refractivity contribution in [2.75, 3.05) is 0 Å². The summed E-state index contributed by atoms with van der Waals surface area (Å²) in [4.78, 5) is 0. The lowest BCUT2D eigenvalue weighted by molar-refractivity contribution is 0.669. The fraction of sp³-hybridized carbons (Fsp3) is 0.0364. The summed E-state index contributed by atoms with van der Waals surface area (Å²) in [5.74, 6) is 0. The number of furan rings is 1. The molecule has 0 spiro atoms. The fourth-order valence-electron chi connectivity index (χ4n) is 10.2. The van der Waals surface area contributed by atoms with Gasteiger partial charge in [-0.1, -0.05) is 103 Å². The molecular formula is C55H32N4O. The number of rotatable bonds is 4. The lowest BCUT2D eigenvalue weighted by Crippen LogP contribution is -2.07. The summed E-state index contributed by atoms with van der Waals surface area (Å²) >= 11 is 0. The van der Waals surface area contributed by atoms with E-state index in [4.69, 9.17) is 4.42 Å². The molecule has 278 valence electrons. The number of nitrogens with zero attached hydrogens (tertiary/aromatic N) is 4. The third-order valence-corrected chi connectivity index (χ3v) is 12.6. The summed E-state index contributed by atoms with van der Waals surface area (Å²) in [7, 11) is 0. The van der Waals surface area contributed by atoms with Gasteiger partial charge >= 0.3 is 0 Å². The van der Waals surface area contributed by atoms with E-state index in [1.807, 2.05) is 30.3 Å². The van der Waals surface area contributed by atoms with Crippen LogP contribution in [0.4, 0.5) is 0 Å². The van der Waals surface area contributed by atoms with Crippen LogP contribution in [0.15, 0.2) is 174 Å². The predicted molar refractivity (Wildman–Crippen MR) is 246 cm³/mol. The van der Waals surface area contributed by atoms with E-state index in [1.165, 1.54) is 38.2 Å². The molecule has 0 radical (unpaired) electrons. The second-order valence-corrected chi connectivity index (χ2v) is 15.7. The summed E-state index contributed by atoms with van der Waals surface area (Å²) in [5.41, 5.74) is 13.9. The van der Waals surface area contributed by atoms with E-state index in [1.54, 1.807) is 0 Å². The molecule has 5 heteroatoms. The fourth-order valence-corrected chi connectivity index (χ4v) is 10.2. The molecule has 0 unspecified atom stereocenters. The minimum absolute atomic E-state index is 0.588. The summed E-state index contributed by atoms with van der Waals surface area (Å²) in [6.45, 7) is 0. The summed E-state index contributed by atoms with van der Waals surface area (Å²) in [6, 6.07) is 64.8. The molecule has 0 atom stereocenters. The van der Waals surface area contributed by atoms with Crippen molar-refractivity contribution in [3.8, 4) is 17.4 Å². The molecular weight excluding hydrogens is 733 g/mol. The van der Waals surface area contributed by atoms with E-state index >= 15 is 0 Å². The summed E-state index contributed by atoms with van der Waals surface area (Å²) in [6.07, 6.45) is 6.26. The highest BCUT2D eigenvalue weighted by Crippen LogP contribution is 2.46. The van der Waals surface area contributed by atoms with Gasteiger partial charge in [-0.3, -0.25) is 4.57 Å². The van der Waals surface area contributed by atoms with Gasteiger partial charge in [0.25, 0.3) is 0 Å². The van der Waals surface area contributed by atoms with Crippen LogP contribution in [-0.2, 0) is 0 Å². The monoisotopic (exact) mass is 764 g/mol. The molecule has 0 aliphatic heterocycles. The maximum atomic E-state index is 11.0. The zero-order valence-electron chi connectivity index (χ0n) is 32.3. The van der Waals surface area contributed by atoms with Crippen LogP contribution in [0.2, 0.25) is 0 Å². The highest BCUT2D eigenvalue weighted by Gasteiger charge is 2.27.